The van der Waals surface area contributed by atoms with E-state index in [1.165, 1.54) is 0 Å². The number of rotatable bonds is 5. The van der Waals surface area contributed by atoms with E-state index in [-0.39, 0.29) is 0 Å². The molecule has 1 aromatic carbocycles. The van der Waals surface area contributed by atoms with Gasteiger partial charge in [-0.15, -0.1) is 0 Å². The molecular weight excluding hydrogens is 230 g/mol. The fraction of sp³-hybridized carbons (Fsp3) is 0.357. The number of benzene rings is 1. The molecule has 0 unspecified atom stereocenters. The molecule has 0 saturated carbocycles. The molecule has 18 heavy (non-hydrogen) atoms. The Kier molecular flexibility index (Phi) is 3.87. The molecule has 1 heterocycles. The van der Waals surface area contributed by atoms with Crippen LogP contribution < -0.4 is 9.47 Å². The van der Waals surface area contributed by atoms with Crippen LogP contribution in [0.25, 0.3) is 11.5 Å². The Morgan fingerprint density at radius 1 is 1.11 bits per heavy atom. The lowest BCUT2D eigenvalue weighted by Gasteiger charge is -2.11. The van der Waals surface area contributed by atoms with Crippen LogP contribution in [0.15, 0.2) is 28.9 Å². The highest BCUT2D eigenvalue weighted by molar-refractivity contribution is 5.60. The first-order valence-electron chi connectivity index (χ1n) is 6.06. The van der Waals surface area contributed by atoms with Gasteiger partial charge in [-0.05, 0) is 39.0 Å². The quantitative estimate of drug-likeness (QED) is 0.811. The first-order chi connectivity index (χ1) is 8.74. The van der Waals surface area contributed by atoms with E-state index < -0.39 is 0 Å². The SMILES string of the molecule is CCOc1ccc(-c2nc(C)co2)cc1OCC. The van der Waals surface area contributed by atoms with Crippen molar-refractivity contribution in [1.82, 2.24) is 4.98 Å². The van der Waals surface area contributed by atoms with Crippen molar-refractivity contribution in [2.45, 2.75) is 20.8 Å². The lowest BCUT2D eigenvalue weighted by molar-refractivity contribution is 0.288. The zero-order chi connectivity index (χ0) is 13.0. The van der Waals surface area contributed by atoms with Crippen molar-refractivity contribution >= 4 is 0 Å². The minimum absolute atomic E-state index is 0.591. The lowest BCUT2D eigenvalue weighted by Crippen LogP contribution is -1.98. The van der Waals surface area contributed by atoms with Crippen molar-refractivity contribution in [3.8, 4) is 23.0 Å². The highest BCUT2D eigenvalue weighted by atomic mass is 16.5. The van der Waals surface area contributed by atoms with E-state index in [0.717, 1.165) is 17.0 Å². The van der Waals surface area contributed by atoms with Gasteiger partial charge in [0.15, 0.2) is 11.5 Å². The highest BCUT2D eigenvalue weighted by Gasteiger charge is 2.10. The van der Waals surface area contributed by atoms with Gasteiger partial charge >= 0.3 is 0 Å². The molecule has 4 heteroatoms. The zero-order valence-corrected chi connectivity index (χ0v) is 10.9. The fourth-order valence-corrected chi connectivity index (χ4v) is 1.67. The Morgan fingerprint density at radius 2 is 1.83 bits per heavy atom. The Balaban J connectivity index is 2.35. The Labute approximate surface area is 107 Å². The largest absolute Gasteiger partial charge is 0.490 e. The van der Waals surface area contributed by atoms with E-state index in [9.17, 15) is 0 Å². The van der Waals surface area contributed by atoms with Gasteiger partial charge in [0.2, 0.25) is 5.89 Å². The summed E-state index contributed by atoms with van der Waals surface area (Å²) in [6.45, 7) is 6.98. The second kappa shape index (κ2) is 5.58. The van der Waals surface area contributed by atoms with Gasteiger partial charge in [0, 0.05) is 5.56 Å². The molecule has 0 aliphatic rings. The van der Waals surface area contributed by atoms with Crippen LogP contribution in [0.4, 0.5) is 0 Å². The summed E-state index contributed by atoms with van der Waals surface area (Å²) in [6.07, 6.45) is 1.63. The molecule has 0 N–H and O–H groups in total. The summed E-state index contributed by atoms with van der Waals surface area (Å²) in [6, 6.07) is 5.68. The normalized spacial score (nSPS) is 10.4. The van der Waals surface area contributed by atoms with Gasteiger partial charge < -0.3 is 13.9 Å². The summed E-state index contributed by atoms with van der Waals surface area (Å²) in [7, 11) is 0. The van der Waals surface area contributed by atoms with E-state index in [2.05, 4.69) is 4.98 Å². The molecule has 4 nitrogen and oxygen atoms in total. The van der Waals surface area contributed by atoms with Crippen LogP contribution in [0, 0.1) is 6.92 Å². The van der Waals surface area contributed by atoms with Crippen LogP contribution in [0.5, 0.6) is 11.5 Å². The van der Waals surface area contributed by atoms with Crippen molar-refractivity contribution in [2.75, 3.05) is 13.2 Å². The lowest BCUT2D eigenvalue weighted by atomic mass is 10.2. The number of nitrogens with zero attached hydrogens (tertiary/aromatic N) is 1. The van der Waals surface area contributed by atoms with Gasteiger partial charge in [0.1, 0.15) is 6.26 Å². The molecule has 0 radical (unpaired) electrons. The van der Waals surface area contributed by atoms with E-state index in [1.54, 1.807) is 6.26 Å². The minimum atomic E-state index is 0.591. The van der Waals surface area contributed by atoms with Crippen molar-refractivity contribution in [1.29, 1.82) is 0 Å². The summed E-state index contributed by atoms with van der Waals surface area (Å²) >= 11 is 0. The molecule has 2 rings (SSSR count). The number of hydrogen-bond donors (Lipinski definition) is 0. The van der Waals surface area contributed by atoms with Crippen molar-refractivity contribution < 1.29 is 13.9 Å². The summed E-state index contributed by atoms with van der Waals surface area (Å²) in [5.74, 6) is 2.05. The molecule has 1 aromatic heterocycles. The smallest absolute Gasteiger partial charge is 0.226 e. The van der Waals surface area contributed by atoms with Gasteiger partial charge in [-0.2, -0.15) is 0 Å². The molecule has 0 aliphatic carbocycles. The molecule has 2 aromatic rings. The second-order valence-electron chi connectivity index (χ2n) is 3.82. The monoisotopic (exact) mass is 247 g/mol. The Hall–Kier alpha value is -1.97. The van der Waals surface area contributed by atoms with E-state index in [1.807, 2.05) is 39.0 Å². The van der Waals surface area contributed by atoms with Crippen LogP contribution in [-0.4, -0.2) is 18.2 Å². The molecule has 96 valence electrons. The van der Waals surface area contributed by atoms with Gasteiger partial charge in [-0.1, -0.05) is 0 Å². The van der Waals surface area contributed by atoms with Gasteiger partial charge in [-0.25, -0.2) is 4.98 Å². The van der Waals surface area contributed by atoms with Gasteiger partial charge in [-0.3, -0.25) is 0 Å². The molecule has 0 spiro atoms. The predicted octanol–water partition coefficient (Wildman–Crippen LogP) is 3.45. The topological polar surface area (TPSA) is 44.5 Å². The third kappa shape index (κ3) is 2.64. The molecule has 0 bridgehead atoms. The Bertz CT molecular complexity index is 520. The van der Waals surface area contributed by atoms with Gasteiger partial charge in [0.25, 0.3) is 0 Å². The van der Waals surface area contributed by atoms with E-state index in [0.29, 0.717) is 24.9 Å². The van der Waals surface area contributed by atoms with Crippen molar-refractivity contribution in [3.05, 3.63) is 30.2 Å². The summed E-state index contributed by atoms with van der Waals surface area (Å²) in [5, 5.41) is 0. The summed E-state index contributed by atoms with van der Waals surface area (Å²) < 4.78 is 16.4. The van der Waals surface area contributed by atoms with Crippen LogP contribution in [0.3, 0.4) is 0 Å². The minimum Gasteiger partial charge on any atom is -0.490 e. The number of ether oxygens (including phenoxy) is 2. The summed E-state index contributed by atoms with van der Waals surface area (Å²) in [4.78, 5) is 4.29. The van der Waals surface area contributed by atoms with Crippen LogP contribution in [0.1, 0.15) is 19.5 Å². The molecule has 0 fully saturated rings. The fourth-order valence-electron chi connectivity index (χ4n) is 1.67. The first kappa shape index (κ1) is 12.5. The molecule has 0 amide bonds. The van der Waals surface area contributed by atoms with Crippen molar-refractivity contribution in [3.63, 3.8) is 0 Å². The standard InChI is InChI=1S/C14H17NO3/c1-4-16-12-7-6-11(8-13(12)17-5-2)14-15-10(3)9-18-14/h6-9H,4-5H2,1-3H3. The van der Waals surface area contributed by atoms with E-state index in [4.69, 9.17) is 13.9 Å². The molecule has 0 aliphatic heterocycles. The number of hydrogen-bond acceptors (Lipinski definition) is 4. The summed E-state index contributed by atoms with van der Waals surface area (Å²) in [5.41, 5.74) is 1.74. The molecule has 0 atom stereocenters. The molecular formula is C14H17NO3. The number of oxazole rings is 1. The maximum absolute atomic E-state index is 5.56. The number of aromatic nitrogens is 1. The maximum Gasteiger partial charge on any atom is 0.226 e. The maximum atomic E-state index is 5.56. The van der Waals surface area contributed by atoms with Crippen LogP contribution in [-0.2, 0) is 0 Å². The Morgan fingerprint density at radius 3 is 2.44 bits per heavy atom. The zero-order valence-electron chi connectivity index (χ0n) is 10.9. The average molecular weight is 247 g/mol. The van der Waals surface area contributed by atoms with Crippen molar-refractivity contribution in [2.24, 2.45) is 0 Å². The molecule has 0 saturated heterocycles. The average Bonchev–Trinajstić information content (AvgIpc) is 2.79. The highest BCUT2D eigenvalue weighted by Crippen LogP contribution is 2.32. The van der Waals surface area contributed by atoms with Crippen LogP contribution in [0.2, 0.25) is 0 Å². The third-order valence-corrected chi connectivity index (χ3v) is 2.41. The third-order valence-electron chi connectivity index (χ3n) is 2.41. The second-order valence-corrected chi connectivity index (χ2v) is 3.82. The van der Waals surface area contributed by atoms with Gasteiger partial charge in [0.05, 0.1) is 18.9 Å². The number of aryl methyl sites for hydroxylation is 1. The predicted molar refractivity (Wildman–Crippen MR) is 69.0 cm³/mol. The van der Waals surface area contributed by atoms with E-state index >= 15 is 0 Å². The first-order valence-corrected chi connectivity index (χ1v) is 6.06. The van der Waals surface area contributed by atoms with Crippen LogP contribution >= 0.6 is 0 Å².